The lowest BCUT2D eigenvalue weighted by atomic mass is 9.33. The van der Waals surface area contributed by atoms with E-state index in [9.17, 15) is 29.7 Å². The maximum atomic E-state index is 14.8. The molecule has 1 spiro atoms. The average molecular weight is 617 g/mol. The summed E-state index contributed by atoms with van der Waals surface area (Å²) in [4.78, 5) is 40.1. The van der Waals surface area contributed by atoms with Gasteiger partial charge in [-0.25, -0.2) is 0 Å². The van der Waals surface area contributed by atoms with E-state index in [1.54, 1.807) is 26.4 Å². The van der Waals surface area contributed by atoms with Crippen LogP contribution in [0.5, 0.6) is 0 Å². The molecule has 7 rings (SSSR count). The number of aliphatic hydroxyl groups excluding tert-OH is 3. The van der Waals surface area contributed by atoms with Crippen LogP contribution in [-0.4, -0.2) is 82.1 Å². The van der Waals surface area contributed by atoms with E-state index < -0.39 is 87.7 Å². The van der Waals surface area contributed by atoms with Gasteiger partial charge >= 0.3 is 11.9 Å². The largest absolute Gasteiger partial charge is 0.472 e. The minimum absolute atomic E-state index is 0.0340. The number of aliphatic hydroxyl groups is 3. The zero-order chi connectivity index (χ0) is 31.8. The number of carbonyl (C=O) groups is 3. The number of Topliss-reactive ketones (excluding diaryl/α,β-unsaturated/α-hetero) is 1. The molecule has 2 saturated heterocycles. The lowest BCUT2D eigenvalue weighted by Gasteiger charge is -2.73. The van der Waals surface area contributed by atoms with Gasteiger partial charge < -0.3 is 38.7 Å². The molecule has 242 valence electrons. The minimum atomic E-state index is -1.52. The van der Waals surface area contributed by atoms with Gasteiger partial charge in [0, 0.05) is 35.5 Å². The van der Waals surface area contributed by atoms with Crippen molar-refractivity contribution < 1.29 is 53.1 Å². The highest BCUT2D eigenvalue weighted by atomic mass is 16.7. The molecule has 1 aromatic heterocycles. The van der Waals surface area contributed by atoms with Crippen LogP contribution >= 0.6 is 0 Å². The first-order chi connectivity index (χ1) is 20.7. The molecular formula is C33H44O11. The third kappa shape index (κ3) is 3.27. The van der Waals surface area contributed by atoms with Gasteiger partial charge in [0.2, 0.25) is 6.29 Å². The third-order valence-electron chi connectivity index (χ3n) is 13.4. The summed E-state index contributed by atoms with van der Waals surface area (Å²) in [6.45, 7) is 10.2. The lowest BCUT2D eigenvalue weighted by molar-refractivity contribution is -0.389. The van der Waals surface area contributed by atoms with Crippen LogP contribution in [0.4, 0.5) is 0 Å². The zero-order valence-electron chi connectivity index (χ0n) is 26.1. The van der Waals surface area contributed by atoms with Gasteiger partial charge in [-0.3, -0.25) is 14.4 Å². The van der Waals surface area contributed by atoms with Crippen molar-refractivity contribution in [3.05, 3.63) is 24.2 Å². The highest BCUT2D eigenvalue weighted by Crippen LogP contribution is 2.82. The Morgan fingerprint density at radius 2 is 1.84 bits per heavy atom. The molecule has 1 aromatic rings. The number of ether oxygens (including phenoxy) is 4. The summed E-state index contributed by atoms with van der Waals surface area (Å²) in [7, 11) is 0. The number of fused-ring (bicyclic) bond motifs is 1. The van der Waals surface area contributed by atoms with Crippen LogP contribution in [0.25, 0.3) is 0 Å². The monoisotopic (exact) mass is 616 g/mol. The second kappa shape index (κ2) is 9.37. The molecule has 11 heteroatoms. The quantitative estimate of drug-likeness (QED) is 0.329. The van der Waals surface area contributed by atoms with Crippen molar-refractivity contribution in [1.29, 1.82) is 0 Å². The van der Waals surface area contributed by atoms with Crippen molar-refractivity contribution in [3.8, 4) is 0 Å². The fourth-order valence-corrected chi connectivity index (χ4v) is 11.3. The number of carbonyl (C=O) groups excluding carboxylic acids is 3. The topological polar surface area (TPSA) is 165 Å². The smallest absolute Gasteiger partial charge is 0.310 e. The Bertz CT molecular complexity index is 1380. The molecular weight excluding hydrogens is 572 g/mol. The van der Waals surface area contributed by atoms with E-state index in [1.807, 2.05) is 19.9 Å². The third-order valence-corrected chi connectivity index (χ3v) is 13.4. The number of hydrogen-bond acceptors (Lipinski definition) is 11. The molecule has 3 N–H and O–H groups in total. The van der Waals surface area contributed by atoms with Crippen LogP contribution in [0.3, 0.4) is 0 Å². The first-order valence-electron chi connectivity index (χ1n) is 15.9. The first kappa shape index (κ1) is 30.3. The van der Waals surface area contributed by atoms with E-state index in [4.69, 9.17) is 23.4 Å². The highest BCUT2D eigenvalue weighted by molar-refractivity contribution is 5.87. The van der Waals surface area contributed by atoms with Crippen molar-refractivity contribution in [2.45, 2.75) is 116 Å². The van der Waals surface area contributed by atoms with Crippen molar-refractivity contribution in [1.82, 2.24) is 0 Å². The first-order valence-corrected chi connectivity index (χ1v) is 15.9. The van der Waals surface area contributed by atoms with Gasteiger partial charge in [-0.2, -0.15) is 0 Å². The Kier molecular flexibility index (Phi) is 6.47. The van der Waals surface area contributed by atoms with Crippen LogP contribution in [0.15, 0.2) is 23.0 Å². The number of epoxide rings is 1. The van der Waals surface area contributed by atoms with Crippen molar-refractivity contribution in [2.75, 3.05) is 6.61 Å². The van der Waals surface area contributed by atoms with Crippen molar-refractivity contribution >= 4 is 17.7 Å². The molecule has 0 amide bonds. The van der Waals surface area contributed by atoms with E-state index in [1.165, 1.54) is 6.92 Å². The van der Waals surface area contributed by atoms with Gasteiger partial charge in [-0.15, -0.1) is 0 Å². The number of esters is 2. The molecule has 6 fully saturated rings. The number of hydrogen-bond donors (Lipinski definition) is 3. The van der Waals surface area contributed by atoms with Gasteiger partial charge in [0.05, 0.1) is 42.7 Å². The predicted molar refractivity (Wildman–Crippen MR) is 151 cm³/mol. The Hall–Kier alpha value is -2.31. The Labute approximate surface area is 256 Å². The normalized spacial score (nSPS) is 52.6. The Balaban J connectivity index is 1.37. The predicted octanol–water partition coefficient (Wildman–Crippen LogP) is 2.49. The molecule has 44 heavy (non-hydrogen) atoms. The fourth-order valence-electron chi connectivity index (χ4n) is 11.3. The molecule has 15 atom stereocenters. The molecule has 3 heterocycles. The molecule has 2 aliphatic heterocycles. The maximum absolute atomic E-state index is 14.8. The summed E-state index contributed by atoms with van der Waals surface area (Å²) in [5.41, 5.74) is -4.50. The second-order valence-corrected chi connectivity index (χ2v) is 15.1. The summed E-state index contributed by atoms with van der Waals surface area (Å²) < 4.78 is 29.8. The number of rotatable bonds is 5. The lowest BCUT2D eigenvalue weighted by Crippen LogP contribution is -2.83. The second-order valence-electron chi connectivity index (χ2n) is 15.1. The SMILES string of the molecule is CCC(C)C(=O)OC1OC[C@@]23[C@H]4C(=O)C[C@@]5(C)[C@H](c6ccoc6)C[C@H]6O[C@]65[C@]4(C)[C@H](O)C[C@H]2[C@@]1(C)[C@H](O)[C@H](OC(C)=O)[C@@H]3O. The summed E-state index contributed by atoms with van der Waals surface area (Å²) in [6.07, 6.45) is -2.24. The van der Waals surface area contributed by atoms with Crippen molar-refractivity contribution in [3.63, 3.8) is 0 Å². The molecule has 4 aliphatic carbocycles. The number of ketones is 1. The highest BCUT2D eigenvalue weighted by Gasteiger charge is 2.90. The molecule has 4 saturated carbocycles. The van der Waals surface area contributed by atoms with Crippen LogP contribution in [0, 0.1) is 39.4 Å². The van der Waals surface area contributed by atoms with Gasteiger partial charge in [-0.05, 0) is 42.7 Å². The maximum Gasteiger partial charge on any atom is 0.310 e. The van der Waals surface area contributed by atoms with Gasteiger partial charge in [0.15, 0.2) is 6.10 Å². The molecule has 0 radical (unpaired) electrons. The van der Waals surface area contributed by atoms with E-state index in [0.29, 0.717) is 12.8 Å². The van der Waals surface area contributed by atoms with E-state index >= 15 is 0 Å². The van der Waals surface area contributed by atoms with Gasteiger partial charge in [0.1, 0.15) is 23.6 Å². The van der Waals surface area contributed by atoms with Crippen LogP contribution in [0.1, 0.15) is 78.7 Å². The fraction of sp³-hybridized carbons (Fsp3) is 0.788. The number of furan rings is 1. The van der Waals surface area contributed by atoms with E-state index in [-0.39, 0.29) is 37.3 Å². The average Bonchev–Trinajstić information content (AvgIpc) is 3.34. The Morgan fingerprint density at radius 1 is 1.11 bits per heavy atom. The molecule has 2 unspecified atom stereocenters. The van der Waals surface area contributed by atoms with Crippen molar-refractivity contribution in [2.24, 2.45) is 39.4 Å². The van der Waals surface area contributed by atoms with E-state index in [0.717, 1.165) is 5.56 Å². The standard InChI is InChI=1S/C33H44O11/c1-7-15(2)27(39)43-28-30(5)20-11-21(36)31(6)24(32(20,14-41-28)26(38)23(25(30)37)42-16(3)34)19(35)12-29(4)18(17-8-9-40-13-17)10-22-33(29,31)44-22/h8-9,13,15,18,20-26,28,36-38H,7,10-12,14H2,1-6H3/t15?,18-,20-,21+,22+,23-,24-,25+,26-,28?,29-,30-,31+,32-,33+/m0/s1. The van der Waals surface area contributed by atoms with Crippen LogP contribution in [-0.2, 0) is 33.3 Å². The minimum Gasteiger partial charge on any atom is -0.472 e. The summed E-state index contributed by atoms with van der Waals surface area (Å²) in [5, 5.41) is 36.4. The molecule has 6 aliphatic rings. The van der Waals surface area contributed by atoms with Gasteiger partial charge in [0.25, 0.3) is 0 Å². The zero-order valence-corrected chi connectivity index (χ0v) is 26.1. The van der Waals surface area contributed by atoms with E-state index in [2.05, 4.69) is 6.92 Å². The summed E-state index contributed by atoms with van der Waals surface area (Å²) >= 11 is 0. The van der Waals surface area contributed by atoms with Gasteiger partial charge in [-0.1, -0.05) is 34.6 Å². The molecule has 11 nitrogen and oxygen atoms in total. The van der Waals surface area contributed by atoms with Crippen LogP contribution < -0.4 is 0 Å². The summed E-state index contributed by atoms with van der Waals surface area (Å²) in [5.74, 6) is -3.52. The molecule has 0 aromatic carbocycles. The molecule has 2 bridgehead atoms. The summed E-state index contributed by atoms with van der Waals surface area (Å²) in [6, 6.07) is 1.91. The Morgan fingerprint density at radius 3 is 2.48 bits per heavy atom. The van der Waals surface area contributed by atoms with Crippen LogP contribution in [0.2, 0.25) is 0 Å².